The molecule has 0 aliphatic rings. The minimum Gasteiger partial charge on any atom is -0.489 e. The number of halogens is 1. The Hall–Kier alpha value is -4.62. The topological polar surface area (TPSA) is 81.9 Å². The number of amides is 1. The quantitative estimate of drug-likeness (QED) is 0.241. The Bertz CT molecular complexity index is 1600. The van der Waals surface area contributed by atoms with Crippen LogP contribution < -0.4 is 10.1 Å². The molecule has 1 amide bonds. The maximum absolute atomic E-state index is 13.1. The molecule has 2 aromatic heterocycles. The lowest BCUT2D eigenvalue weighted by molar-refractivity contribution is -0.142. The molecule has 39 heavy (non-hydrogen) atoms. The monoisotopic (exact) mass is 539 g/mol. The predicted octanol–water partition coefficient (Wildman–Crippen LogP) is 5.75. The van der Waals surface area contributed by atoms with Gasteiger partial charge < -0.3 is 19.2 Å². The highest BCUT2D eigenvalue weighted by atomic mass is 35.5. The molecule has 0 fully saturated rings. The van der Waals surface area contributed by atoms with E-state index in [9.17, 15) is 9.59 Å². The van der Waals surface area contributed by atoms with Gasteiger partial charge in [0.15, 0.2) is 0 Å². The van der Waals surface area contributed by atoms with Gasteiger partial charge in [-0.15, -0.1) is 0 Å². The summed E-state index contributed by atoms with van der Waals surface area (Å²) in [4.78, 5) is 30.0. The minimum absolute atomic E-state index is 0.185. The number of aromatic nitrogens is 2. The molecule has 7 nitrogen and oxygen atoms in total. The van der Waals surface area contributed by atoms with Gasteiger partial charge in [-0.3, -0.25) is 4.79 Å². The van der Waals surface area contributed by atoms with Gasteiger partial charge in [0, 0.05) is 29.4 Å². The number of esters is 1. The van der Waals surface area contributed by atoms with E-state index in [0.717, 1.165) is 22.3 Å². The van der Waals surface area contributed by atoms with Crippen molar-refractivity contribution in [2.75, 3.05) is 7.11 Å². The fourth-order valence-corrected chi connectivity index (χ4v) is 4.47. The molecule has 2 heterocycles. The summed E-state index contributed by atoms with van der Waals surface area (Å²) in [5.41, 5.74) is 4.46. The summed E-state index contributed by atoms with van der Waals surface area (Å²) in [5, 5.41) is 3.40. The lowest BCUT2D eigenvalue weighted by atomic mass is 10.1. The van der Waals surface area contributed by atoms with E-state index in [-0.39, 0.29) is 12.1 Å². The number of ether oxygens (including phenoxy) is 2. The average Bonchev–Trinajstić information content (AvgIpc) is 3.40. The highest BCUT2D eigenvalue weighted by molar-refractivity contribution is 6.33. The van der Waals surface area contributed by atoms with Gasteiger partial charge in [0.2, 0.25) is 0 Å². The van der Waals surface area contributed by atoms with Crippen molar-refractivity contribution in [3.8, 4) is 16.9 Å². The number of hydrogen-bond acceptors (Lipinski definition) is 5. The first-order chi connectivity index (χ1) is 19.0. The van der Waals surface area contributed by atoms with Crippen molar-refractivity contribution in [3.63, 3.8) is 0 Å². The van der Waals surface area contributed by atoms with Crippen molar-refractivity contribution < 1.29 is 19.1 Å². The molecule has 1 atom stereocenters. The average molecular weight is 540 g/mol. The molecule has 0 radical (unpaired) electrons. The second-order valence-electron chi connectivity index (χ2n) is 8.96. The van der Waals surface area contributed by atoms with Crippen LogP contribution in [0.4, 0.5) is 0 Å². The van der Waals surface area contributed by atoms with E-state index >= 15 is 0 Å². The van der Waals surface area contributed by atoms with E-state index in [4.69, 9.17) is 21.1 Å². The lowest BCUT2D eigenvalue weighted by Gasteiger charge is -2.16. The summed E-state index contributed by atoms with van der Waals surface area (Å²) in [6.45, 7) is 0.458. The van der Waals surface area contributed by atoms with Crippen LogP contribution in [0.5, 0.6) is 5.75 Å². The third kappa shape index (κ3) is 6.27. The second kappa shape index (κ2) is 11.8. The summed E-state index contributed by atoms with van der Waals surface area (Å²) in [5.74, 6) is -0.309. The number of hydrogen-bond donors (Lipinski definition) is 1. The van der Waals surface area contributed by atoms with Crippen LogP contribution in [0.2, 0.25) is 5.02 Å². The van der Waals surface area contributed by atoms with Gasteiger partial charge >= 0.3 is 5.97 Å². The van der Waals surface area contributed by atoms with Crippen molar-refractivity contribution in [2.24, 2.45) is 0 Å². The van der Waals surface area contributed by atoms with Crippen LogP contribution in [-0.2, 0) is 22.6 Å². The maximum atomic E-state index is 13.1. The second-order valence-corrected chi connectivity index (χ2v) is 9.37. The largest absolute Gasteiger partial charge is 0.489 e. The Labute approximate surface area is 231 Å². The molecule has 5 rings (SSSR count). The summed E-state index contributed by atoms with van der Waals surface area (Å²) in [7, 11) is 1.29. The number of carbonyl (C=O) groups is 2. The van der Waals surface area contributed by atoms with Gasteiger partial charge in [0.1, 0.15) is 29.7 Å². The molecular weight excluding hydrogens is 514 g/mol. The first-order valence-electron chi connectivity index (χ1n) is 12.4. The first-order valence-corrected chi connectivity index (χ1v) is 12.8. The fourth-order valence-electron chi connectivity index (χ4n) is 4.22. The molecule has 0 saturated heterocycles. The van der Waals surface area contributed by atoms with E-state index in [0.29, 0.717) is 23.0 Å². The number of rotatable bonds is 9. The lowest BCUT2D eigenvalue weighted by Crippen LogP contribution is -2.43. The molecule has 8 heteroatoms. The molecule has 196 valence electrons. The Balaban J connectivity index is 1.27. The van der Waals surface area contributed by atoms with Crippen LogP contribution in [0.3, 0.4) is 0 Å². The first kappa shape index (κ1) is 26.0. The molecule has 1 N–H and O–H groups in total. The van der Waals surface area contributed by atoms with Gasteiger partial charge in [-0.05, 0) is 47.0 Å². The fraction of sp³-hybridized carbons (Fsp3) is 0.129. The number of methoxy groups -OCH3 is 1. The van der Waals surface area contributed by atoms with Crippen molar-refractivity contribution in [1.82, 2.24) is 14.7 Å². The number of pyridine rings is 1. The normalized spacial score (nSPS) is 11.6. The molecule has 1 unspecified atom stereocenters. The van der Waals surface area contributed by atoms with Crippen molar-refractivity contribution in [2.45, 2.75) is 19.1 Å². The van der Waals surface area contributed by atoms with Crippen LogP contribution >= 0.6 is 11.6 Å². The standard InChI is InChI=1S/C31H26ClN3O4/c1-38-31(37)27(17-21-11-14-24(15-12-21)39-20-22-7-3-2-4-8-22)34-30(36)28-19-35-18-23(13-16-29(35)33-28)25-9-5-6-10-26(25)32/h2-16,18-19,27H,17,20H2,1H3,(H,34,36). The molecule has 0 aliphatic heterocycles. The van der Waals surface area contributed by atoms with Crippen LogP contribution in [0, 0.1) is 0 Å². The predicted molar refractivity (Wildman–Crippen MR) is 150 cm³/mol. The zero-order valence-electron chi connectivity index (χ0n) is 21.2. The molecule has 0 spiro atoms. The summed E-state index contributed by atoms with van der Waals surface area (Å²) in [6, 6.07) is 27.7. The minimum atomic E-state index is -0.887. The van der Waals surface area contributed by atoms with Crippen LogP contribution in [0.25, 0.3) is 16.8 Å². The Kier molecular flexibility index (Phi) is 7.89. The number of imidazole rings is 1. The van der Waals surface area contributed by atoms with Crippen molar-refractivity contribution in [1.29, 1.82) is 0 Å². The van der Waals surface area contributed by atoms with Crippen molar-refractivity contribution in [3.05, 3.63) is 125 Å². The number of carbonyl (C=O) groups excluding carboxylic acids is 2. The van der Waals surface area contributed by atoms with E-state index in [1.165, 1.54) is 7.11 Å². The third-order valence-corrected chi connectivity index (χ3v) is 6.60. The van der Waals surface area contributed by atoms with Gasteiger partial charge in [-0.2, -0.15) is 0 Å². The number of nitrogens with zero attached hydrogens (tertiary/aromatic N) is 2. The maximum Gasteiger partial charge on any atom is 0.328 e. The van der Waals surface area contributed by atoms with Crippen LogP contribution in [0.1, 0.15) is 21.6 Å². The van der Waals surface area contributed by atoms with Gasteiger partial charge in [0.25, 0.3) is 5.91 Å². The zero-order chi connectivity index (χ0) is 27.2. The summed E-state index contributed by atoms with van der Waals surface area (Å²) in [6.07, 6.45) is 3.74. The molecule has 0 bridgehead atoms. The van der Waals surface area contributed by atoms with Crippen LogP contribution in [-0.4, -0.2) is 34.4 Å². The van der Waals surface area contributed by atoms with E-state index in [2.05, 4.69) is 10.3 Å². The van der Waals surface area contributed by atoms with Gasteiger partial charge in [0.05, 0.1) is 7.11 Å². The highest BCUT2D eigenvalue weighted by Gasteiger charge is 2.24. The van der Waals surface area contributed by atoms with E-state index in [1.54, 1.807) is 10.6 Å². The Morgan fingerprint density at radius 3 is 2.38 bits per heavy atom. The molecular formula is C31H26ClN3O4. The van der Waals surface area contributed by atoms with E-state index in [1.807, 2.05) is 97.2 Å². The van der Waals surface area contributed by atoms with E-state index < -0.39 is 17.9 Å². The SMILES string of the molecule is COC(=O)C(Cc1ccc(OCc2ccccc2)cc1)NC(=O)c1cn2cc(-c3ccccc3Cl)ccc2n1. The molecule has 0 saturated carbocycles. The number of fused-ring (bicyclic) bond motifs is 1. The smallest absolute Gasteiger partial charge is 0.328 e. The van der Waals surface area contributed by atoms with Gasteiger partial charge in [-0.1, -0.05) is 72.3 Å². The molecule has 3 aromatic carbocycles. The third-order valence-electron chi connectivity index (χ3n) is 6.27. The molecule has 0 aliphatic carbocycles. The summed E-state index contributed by atoms with van der Waals surface area (Å²) >= 11 is 6.34. The number of benzene rings is 3. The summed E-state index contributed by atoms with van der Waals surface area (Å²) < 4.78 is 12.5. The highest BCUT2D eigenvalue weighted by Crippen LogP contribution is 2.27. The van der Waals surface area contributed by atoms with Crippen LogP contribution in [0.15, 0.2) is 103 Å². The molecule has 5 aromatic rings. The number of nitrogens with one attached hydrogen (secondary N) is 1. The van der Waals surface area contributed by atoms with Crippen molar-refractivity contribution >= 4 is 29.1 Å². The Morgan fingerprint density at radius 1 is 0.897 bits per heavy atom. The van der Waals surface area contributed by atoms with Gasteiger partial charge in [-0.25, -0.2) is 9.78 Å². The zero-order valence-corrected chi connectivity index (χ0v) is 22.0. The Morgan fingerprint density at radius 2 is 1.64 bits per heavy atom.